The van der Waals surface area contributed by atoms with Gasteiger partial charge >= 0.3 is 6.18 Å². The molecule has 2 aromatic carbocycles. The normalized spacial score (nSPS) is 12.3. The van der Waals surface area contributed by atoms with Gasteiger partial charge in [0, 0.05) is 12.1 Å². The number of ether oxygens (including phenoxy) is 1. The van der Waals surface area contributed by atoms with Gasteiger partial charge in [0.15, 0.2) is 0 Å². The molecule has 0 aliphatic carbocycles. The van der Waals surface area contributed by atoms with Crippen molar-refractivity contribution in [2.24, 2.45) is 10.7 Å². The number of thiocarbonyl (C=S) groups is 1. The van der Waals surface area contributed by atoms with E-state index in [9.17, 15) is 13.2 Å². The van der Waals surface area contributed by atoms with Crippen LogP contribution in [-0.2, 0) is 12.6 Å². The monoisotopic (exact) mass is 437 g/mol. The first-order valence-corrected chi connectivity index (χ1v) is 9.94. The van der Waals surface area contributed by atoms with Crippen LogP contribution < -0.4 is 10.5 Å². The number of amidine groups is 1. The highest BCUT2D eigenvalue weighted by Crippen LogP contribution is 2.29. The smallest absolute Gasteiger partial charge is 0.416 e. The molecule has 8 heteroatoms. The number of nitrogens with zero attached hydrogens (tertiary/aromatic N) is 2. The first-order chi connectivity index (χ1) is 14.0. The Morgan fingerprint density at radius 1 is 1.13 bits per heavy atom. The van der Waals surface area contributed by atoms with Crippen molar-refractivity contribution in [1.29, 1.82) is 0 Å². The number of aryl methyl sites for hydroxylation is 2. The van der Waals surface area contributed by atoms with E-state index in [4.69, 9.17) is 22.7 Å². The van der Waals surface area contributed by atoms with Gasteiger partial charge in [-0.25, -0.2) is 0 Å². The van der Waals surface area contributed by atoms with Gasteiger partial charge in [0.25, 0.3) is 5.17 Å². The summed E-state index contributed by atoms with van der Waals surface area (Å²) in [5, 5.41) is -0.103. The van der Waals surface area contributed by atoms with Crippen LogP contribution in [0.15, 0.2) is 41.4 Å². The molecule has 30 heavy (non-hydrogen) atoms. The summed E-state index contributed by atoms with van der Waals surface area (Å²) in [6.07, 6.45) is -3.48. The zero-order valence-corrected chi connectivity index (χ0v) is 18.3. The highest BCUT2D eigenvalue weighted by molar-refractivity contribution is 7.80. The van der Waals surface area contributed by atoms with E-state index in [-0.39, 0.29) is 11.0 Å². The van der Waals surface area contributed by atoms with Gasteiger partial charge in [0.1, 0.15) is 11.6 Å². The van der Waals surface area contributed by atoms with Gasteiger partial charge in [0.05, 0.1) is 5.56 Å². The molecule has 0 aliphatic heterocycles. The Labute approximate surface area is 180 Å². The number of halogens is 3. The van der Waals surface area contributed by atoms with Crippen LogP contribution in [0.4, 0.5) is 13.2 Å². The molecule has 0 saturated heterocycles. The van der Waals surface area contributed by atoms with Crippen LogP contribution in [-0.4, -0.2) is 36.0 Å². The molecule has 4 nitrogen and oxygen atoms in total. The van der Waals surface area contributed by atoms with E-state index in [0.29, 0.717) is 11.3 Å². The molecule has 0 atom stereocenters. The van der Waals surface area contributed by atoms with Crippen molar-refractivity contribution >= 4 is 23.2 Å². The summed E-state index contributed by atoms with van der Waals surface area (Å²) in [4.78, 5) is 6.26. The Morgan fingerprint density at radius 2 is 1.77 bits per heavy atom. The number of hydrogen-bond acceptors (Lipinski definition) is 3. The van der Waals surface area contributed by atoms with Gasteiger partial charge in [-0.3, -0.25) is 0 Å². The van der Waals surface area contributed by atoms with Crippen molar-refractivity contribution in [3.05, 3.63) is 64.2 Å². The van der Waals surface area contributed by atoms with E-state index in [1.807, 2.05) is 19.9 Å². The maximum atomic E-state index is 12.7. The van der Waals surface area contributed by atoms with Crippen molar-refractivity contribution in [3.63, 3.8) is 0 Å². The molecule has 0 heterocycles. The SMILES string of the molecule is CCN(C)CCc1cc(C)c(OC(=S)N=C(N)c2ccc(C(F)(F)F)cc2)cc1C. The predicted octanol–water partition coefficient (Wildman–Crippen LogP) is 4.89. The lowest BCUT2D eigenvalue weighted by Crippen LogP contribution is -2.20. The molecular formula is C22H26F3N3OS. The van der Waals surface area contributed by atoms with Gasteiger partial charge in [-0.1, -0.05) is 25.1 Å². The maximum absolute atomic E-state index is 12.7. The fourth-order valence-corrected chi connectivity index (χ4v) is 3.00. The fourth-order valence-electron chi connectivity index (χ4n) is 2.81. The Bertz CT molecular complexity index is 924. The minimum atomic E-state index is -4.41. The van der Waals surface area contributed by atoms with Crippen LogP contribution in [0, 0.1) is 13.8 Å². The lowest BCUT2D eigenvalue weighted by Gasteiger charge is -2.16. The fraction of sp³-hybridized carbons (Fsp3) is 0.364. The minimum absolute atomic E-state index is 0.0117. The third-order valence-corrected chi connectivity index (χ3v) is 5.03. The summed E-state index contributed by atoms with van der Waals surface area (Å²) in [6, 6.07) is 8.38. The second-order valence-electron chi connectivity index (χ2n) is 7.13. The molecule has 0 bridgehead atoms. The van der Waals surface area contributed by atoms with Crippen molar-refractivity contribution in [1.82, 2.24) is 4.90 Å². The summed E-state index contributed by atoms with van der Waals surface area (Å²) in [5.41, 5.74) is 8.69. The van der Waals surface area contributed by atoms with Crippen molar-refractivity contribution in [3.8, 4) is 5.75 Å². The number of aliphatic imine (C=N–C) groups is 1. The number of likely N-dealkylation sites (N-methyl/N-ethyl adjacent to an activating group) is 1. The van der Waals surface area contributed by atoms with E-state index in [1.54, 1.807) is 0 Å². The highest BCUT2D eigenvalue weighted by atomic mass is 32.1. The number of alkyl halides is 3. The van der Waals surface area contributed by atoms with Gasteiger partial charge in [-0.05, 0) is 81.0 Å². The maximum Gasteiger partial charge on any atom is 0.416 e. The Balaban J connectivity index is 2.10. The predicted molar refractivity (Wildman–Crippen MR) is 118 cm³/mol. The quantitative estimate of drug-likeness (QED) is 0.397. The molecule has 0 radical (unpaired) electrons. The molecule has 0 unspecified atom stereocenters. The van der Waals surface area contributed by atoms with E-state index >= 15 is 0 Å². The molecule has 0 aliphatic rings. The number of nitrogens with two attached hydrogens (primary N) is 1. The third-order valence-electron chi connectivity index (χ3n) is 4.85. The van der Waals surface area contributed by atoms with Crippen LogP contribution in [0.1, 0.15) is 34.7 Å². The molecule has 0 spiro atoms. The molecular weight excluding hydrogens is 411 g/mol. The number of benzene rings is 2. The van der Waals surface area contributed by atoms with Gasteiger partial charge in [-0.15, -0.1) is 0 Å². The number of rotatable bonds is 6. The second-order valence-corrected chi connectivity index (χ2v) is 7.48. The van der Waals surface area contributed by atoms with Crippen molar-refractivity contribution < 1.29 is 17.9 Å². The summed E-state index contributed by atoms with van der Waals surface area (Å²) in [6.45, 7) is 8.01. The van der Waals surface area contributed by atoms with Gasteiger partial charge in [-0.2, -0.15) is 18.2 Å². The minimum Gasteiger partial charge on any atom is -0.430 e. The molecule has 0 fully saturated rings. The van der Waals surface area contributed by atoms with Crippen LogP contribution in [0.2, 0.25) is 0 Å². The first-order valence-electron chi connectivity index (χ1n) is 9.53. The first kappa shape index (κ1) is 23.8. The standard InChI is InChI=1S/C22H26F3N3OS/c1-5-28(4)11-10-17-12-15(3)19(13-14(17)2)29-21(30)27-20(26)16-6-8-18(9-7-16)22(23,24)25/h6-9,12-13H,5,10-11H2,1-4H3,(H2,26,27,30). The Hall–Kier alpha value is -2.45. The molecule has 0 saturated carbocycles. The largest absolute Gasteiger partial charge is 0.430 e. The van der Waals surface area contributed by atoms with Crippen LogP contribution in [0.5, 0.6) is 5.75 Å². The second kappa shape index (κ2) is 10.0. The summed E-state index contributed by atoms with van der Waals surface area (Å²) in [7, 11) is 2.08. The van der Waals surface area contributed by atoms with Crippen LogP contribution >= 0.6 is 12.2 Å². The van der Waals surface area contributed by atoms with Gasteiger partial charge in [0.2, 0.25) is 0 Å². The van der Waals surface area contributed by atoms with E-state index in [1.165, 1.54) is 17.7 Å². The Kier molecular flexibility index (Phi) is 7.97. The zero-order valence-electron chi connectivity index (χ0n) is 17.5. The average Bonchev–Trinajstić information content (AvgIpc) is 2.68. The average molecular weight is 438 g/mol. The Morgan fingerprint density at radius 3 is 2.33 bits per heavy atom. The lowest BCUT2D eigenvalue weighted by atomic mass is 10.0. The van der Waals surface area contributed by atoms with Gasteiger partial charge < -0.3 is 15.4 Å². The van der Waals surface area contributed by atoms with Crippen LogP contribution in [0.3, 0.4) is 0 Å². The molecule has 2 N–H and O–H groups in total. The summed E-state index contributed by atoms with van der Waals surface area (Å²) in [5.74, 6) is 0.566. The molecule has 0 amide bonds. The van der Waals surface area contributed by atoms with E-state index in [2.05, 4.69) is 29.9 Å². The topological polar surface area (TPSA) is 50.8 Å². The van der Waals surface area contributed by atoms with E-state index in [0.717, 1.165) is 42.8 Å². The third kappa shape index (κ3) is 6.53. The van der Waals surface area contributed by atoms with Crippen molar-refractivity contribution in [2.75, 3.05) is 20.1 Å². The van der Waals surface area contributed by atoms with Crippen molar-refractivity contribution in [2.45, 2.75) is 33.4 Å². The highest BCUT2D eigenvalue weighted by Gasteiger charge is 2.30. The van der Waals surface area contributed by atoms with Crippen LogP contribution in [0.25, 0.3) is 0 Å². The molecule has 2 aromatic rings. The number of hydrogen-bond donors (Lipinski definition) is 1. The molecule has 0 aromatic heterocycles. The summed E-state index contributed by atoms with van der Waals surface area (Å²) >= 11 is 5.16. The van der Waals surface area contributed by atoms with E-state index < -0.39 is 11.7 Å². The summed E-state index contributed by atoms with van der Waals surface area (Å²) < 4.78 is 43.7. The molecule has 2 rings (SSSR count). The lowest BCUT2D eigenvalue weighted by molar-refractivity contribution is -0.137. The molecule has 162 valence electrons. The zero-order chi connectivity index (χ0) is 22.5.